The van der Waals surface area contributed by atoms with Crippen LogP contribution in [0.3, 0.4) is 0 Å². The van der Waals surface area contributed by atoms with Crippen molar-refractivity contribution in [3.63, 3.8) is 0 Å². The molecule has 1 aromatic rings. The Kier molecular flexibility index (Phi) is 4.87. The molecule has 0 bridgehead atoms. The summed E-state index contributed by atoms with van der Waals surface area (Å²) >= 11 is 2.95. The Bertz CT molecular complexity index is 476. The Morgan fingerprint density at radius 3 is 2.89 bits per heavy atom. The molecule has 1 aliphatic heterocycles. The normalized spacial score (nSPS) is 18.6. The van der Waals surface area contributed by atoms with E-state index in [1.54, 1.807) is 0 Å². The predicted molar refractivity (Wildman–Crippen MR) is 70.8 cm³/mol. The number of hydrogen-bond acceptors (Lipinski definition) is 2. The zero-order valence-electron chi connectivity index (χ0n) is 10.2. The number of anilines is 1. The van der Waals surface area contributed by atoms with Crippen LogP contribution < -0.4 is 5.32 Å². The molecule has 2 rings (SSSR count). The minimum absolute atomic E-state index is 0.0130. The van der Waals surface area contributed by atoms with Gasteiger partial charge in [0.1, 0.15) is 11.6 Å². The van der Waals surface area contributed by atoms with E-state index in [2.05, 4.69) is 21.2 Å². The van der Waals surface area contributed by atoms with Crippen LogP contribution in [0.25, 0.3) is 0 Å². The Labute approximate surface area is 118 Å². The second-order valence-corrected chi connectivity index (χ2v) is 5.42. The molecule has 0 aromatic heterocycles. The fourth-order valence-corrected chi connectivity index (χ4v) is 2.32. The van der Waals surface area contributed by atoms with Crippen molar-refractivity contribution < 1.29 is 18.3 Å². The van der Waals surface area contributed by atoms with Gasteiger partial charge in [-0.1, -0.05) is 0 Å². The van der Waals surface area contributed by atoms with Gasteiger partial charge >= 0.3 is 0 Å². The van der Waals surface area contributed by atoms with E-state index in [-0.39, 0.29) is 16.1 Å². The molecule has 1 amide bonds. The van der Waals surface area contributed by atoms with Crippen LogP contribution >= 0.6 is 15.9 Å². The van der Waals surface area contributed by atoms with E-state index >= 15 is 0 Å². The van der Waals surface area contributed by atoms with Gasteiger partial charge in [0.2, 0.25) is 5.91 Å². The van der Waals surface area contributed by atoms with Crippen LogP contribution in [0.15, 0.2) is 16.6 Å². The van der Waals surface area contributed by atoms with Crippen LogP contribution in [0.1, 0.15) is 19.3 Å². The van der Waals surface area contributed by atoms with Gasteiger partial charge in [0.25, 0.3) is 0 Å². The van der Waals surface area contributed by atoms with Crippen molar-refractivity contribution in [2.75, 3.05) is 18.5 Å². The van der Waals surface area contributed by atoms with Gasteiger partial charge < -0.3 is 10.1 Å². The summed E-state index contributed by atoms with van der Waals surface area (Å²) < 4.78 is 31.8. The molecule has 0 unspecified atom stereocenters. The molecule has 3 nitrogen and oxygen atoms in total. The quantitative estimate of drug-likeness (QED) is 0.856. The average molecular weight is 334 g/mol. The summed E-state index contributed by atoms with van der Waals surface area (Å²) in [6.07, 6.45) is 1.99. The molecule has 1 saturated heterocycles. The molecule has 1 heterocycles. The highest BCUT2D eigenvalue weighted by Gasteiger charge is 2.17. The fraction of sp³-hybridized carbons (Fsp3) is 0.462. The lowest BCUT2D eigenvalue weighted by Crippen LogP contribution is -2.14. The van der Waals surface area contributed by atoms with E-state index in [9.17, 15) is 13.6 Å². The number of ether oxygens (including phenoxy) is 1. The molecule has 1 N–H and O–H groups in total. The minimum atomic E-state index is -0.779. The van der Waals surface area contributed by atoms with E-state index in [1.165, 1.54) is 6.07 Å². The van der Waals surface area contributed by atoms with Gasteiger partial charge in [-0.05, 0) is 40.8 Å². The molecule has 1 atom stereocenters. The zero-order valence-corrected chi connectivity index (χ0v) is 11.8. The van der Waals surface area contributed by atoms with Crippen LogP contribution in [0, 0.1) is 17.6 Å². The van der Waals surface area contributed by atoms with Crippen molar-refractivity contribution in [1.29, 1.82) is 0 Å². The summed E-state index contributed by atoms with van der Waals surface area (Å²) in [5, 5.41) is 2.45. The summed E-state index contributed by atoms with van der Waals surface area (Å²) in [6.45, 7) is 1.43. The summed E-state index contributed by atoms with van der Waals surface area (Å²) in [5.74, 6) is -1.35. The van der Waals surface area contributed by atoms with Crippen molar-refractivity contribution in [2.45, 2.75) is 19.3 Å². The van der Waals surface area contributed by atoms with Crippen molar-refractivity contribution in [3.8, 4) is 0 Å². The van der Waals surface area contributed by atoms with Crippen LogP contribution in [-0.2, 0) is 9.53 Å². The first-order chi connectivity index (χ1) is 9.06. The number of rotatable bonds is 4. The van der Waals surface area contributed by atoms with Crippen LogP contribution in [0.2, 0.25) is 0 Å². The third kappa shape index (κ3) is 3.98. The number of nitrogens with one attached hydrogen (secondary N) is 1. The molecule has 0 spiro atoms. The minimum Gasteiger partial charge on any atom is -0.381 e. The highest BCUT2D eigenvalue weighted by Crippen LogP contribution is 2.24. The monoisotopic (exact) mass is 333 g/mol. The molecule has 1 fully saturated rings. The molecule has 1 aliphatic rings. The highest BCUT2D eigenvalue weighted by molar-refractivity contribution is 9.10. The Balaban J connectivity index is 1.89. The maximum absolute atomic E-state index is 13.4. The lowest BCUT2D eigenvalue weighted by Gasteiger charge is -2.09. The van der Waals surface area contributed by atoms with E-state index in [0.29, 0.717) is 18.9 Å². The van der Waals surface area contributed by atoms with Gasteiger partial charge in [0.05, 0.1) is 10.2 Å². The molecular weight excluding hydrogens is 320 g/mol. The topological polar surface area (TPSA) is 38.3 Å². The highest BCUT2D eigenvalue weighted by atomic mass is 79.9. The third-order valence-corrected chi connectivity index (χ3v) is 3.70. The van der Waals surface area contributed by atoms with Crippen LogP contribution in [-0.4, -0.2) is 19.1 Å². The molecular formula is C13H14BrF2NO2. The molecule has 104 valence electrons. The van der Waals surface area contributed by atoms with Gasteiger partial charge in [-0.3, -0.25) is 4.79 Å². The van der Waals surface area contributed by atoms with Gasteiger partial charge in [0, 0.05) is 25.7 Å². The summed E-state index contributed by atoms with van der Waals surface area (Å²) in [6, 6.07) is 1.96. The molecule has 0 saturated carbocycles. The number of benzene rings is 1. The first-order valence-electron chi connectivity index (χ1n) is 6.08. The summed E-state index contributed by atoms with van der Waals surface area (Å²) in [5.41, 5.74) is -0.0130. The van der Waals surface area contributed by atoms with E-state index in [0.717, 1.165) is 25.5 Å². The van der Waals surface area contributed by atoms with Crippen molar-refractivity contribution >= 4 is 27.5 Å². The number of halogens is 3. The number of carbonyl (C=O) groups is 1. The molecule has 1 aromatic carbocycles. The van der Waals surface area contributed by atoms with Gasteiger partial charge in [0.15, 0.2) is 0 Å². The molecule has 6 heteroatoms. The maximum Gasteiger partial charge on any atom is 0.224 e. The zero-order chi connectivity index (χ0) is 13.8. The number of hydrogen-bond donors (Lipinski definition) is 1. The first kappa shape index (κ1) is 14.4. The van der Waals surface area contributed by atoms with E-state index < -0.39 is 11.6 Å². The van der Waals surface area contributed by atoms with Gasteiger partial charge in [-0.25, -0.2) is 8.78 Å². The van der Waals surface area contributed by atoms with Crippen molar-refractivity contribution in [3.05, 3.63) is 28.2 Å². The molecule has 0 aliphatic carbocycles. The summed E-state index contributed by atoms with van der Waals surface area (Å²) in [7, 11) is 0. The fourth-order valence-electron chi connectivity index (χ4n) is 1.98. The maximum atomic E-state index is 13.4. The van der Waals surface area contributed by atoms with Crippen LogP contribution in [0.5, 0.6) is 0 Å². The first-order valence-corrected chi connectivity index (χ1v) is 6.87. The second kappa shape index (κ2) is 6.43. The van der Waals surface area contributed by atoms with Crippen LogP contribution in [0.4, 0.5) is 14.5 Å². The Morgan fingerprint density at radius 2 is 2.21 bits per heavy atom. The number of amides is 1. The lowest BCUT2D eigenvalue weighted by atomic mass is 10.0. The third-order valence-electron chi connectivity index (χ3n) is 3.09. The SMILES string of the molecule is O=C(CC[C@@H]1CCOC1)Nc1cc(Br)c(F)cc1F. The van der Waals surface area contributed by atoms with Gasteiger partial charge in [-0.2, -0.15) is 0 Å². The average Bonchev–Trinajstić information content (AvgIpc) is 2.86. The predicted octanol–water partition coefficient (Wildman–Crippen LogP) is 3.48. The van der Waals surface area contributed by atoms with Gasteiger partial charge in [-0.15, -0.1) is 0 Å². The smallest absolute Gasteiger partial charge is 0.224 e. The largest absolute Gasteiger partial charge is 0.381 e. The standard InChI is InChI=1S/C13H14BrF2NO2/c14-9-5-12(11(16)6-10(9)15)17-13(18)2-1-8-3-4-19-7-8/h5-6,8H,1-4,7H2,(H,17,18)/t8-/m1/s1. The number of carbonyl (C=O) groups excluding carboxylic acids is 1. The van der Waals surface area contributed by atoms with E-state index in [1.807, 2.05) is 0 Å². The second-order valence-electron chi connectivity index (χ2n) is 4.56. The lowest BCUT2D eigenvalue weighted by molar-refractivity contribution is -0.116. The van der Waals surface area contributed by atoms with E-state index in [4.69, 9.17) is 4.74 Å². The molecule has 19 heavy (non-hydrogen) atoms. The Hall–Kier alpha value is -1.01. The summed E-state index contributed by atoms with van der Waals surface area (Å²) in [4.78, 5) is 11.7. The molecule has 0 radical (unpaired) electrons. The van der Waals surface area contributed by atoms with Crippen molar-refractivity contribution in [2.24, 2.45) is 5.92 Å². The van der Waals surface area contributed by atoms with Crippen molar-refractivity contribution in [1.82, 2.24) is 0 Å². The Morgan fingerprint density at radius 1 is 1.42 bits per heavy atom.